The molecule has 0 aliphatic carbocycles. The van der Waals surface area contributed by atoms with Gasteiger partial charge < -0.3 is 9.47 Å². The molecule has 0 atom stereocenters. The Morgan fingerprint density at radius 1 is 1.05 bits per heavy atom. The molecule has 0 saturated heterocycles. The average Bonchev–Trinajstić information content (AvgIpc) is 2.95. The molecule has 0 fully saturated rings. The van der Waals surface area contributed by atoms with Crippen LogP contribution in [-0.2, 0) is 0 Å². The molecule has 102 valence electrons. The first-order valence-electron chi connectivity index (χ1n) is 5.95. The zero-order valence-electron chi connectivity index (χ0n) is 11.0. The van der Waals surface area contributed by atoms with Gasteiger partial charge in [-0.25, -0.2) is 9.50 Å². The molecular weight excluding hydrogens is 278 g/mol. The smallest absolute Gasteiger partial charge is 0.161 e. The van der Waals surface area contributed by atoms with E-state index in [4.69, 9.17) is 21.1 Å². The van der Waals surface area contributed by atoms with Gasteiger partial charge in [0.05, 0.1) is 26.1 Å². The Labute approximate surface area is 120 Å². The Kier molecular flexibility index (Phi) is 3.20. The van der Waals surface area contributed by atoms with Gasteiger partial charge >= 0.3 is 0 Å². The van der Waals surface area contributed by atoms with Crippen molar-refractivity contribution in [2.75, 3.05) is 14.2 Å². The number of benzene rings is 1. The first-order valence-corrected chi connectivity index (χ1v) is 6.33. The van der Waals surface area contributed by atoms with E-state index >= 15 is 0 Å². The van der Waals surface area contributed by atoms with E-state index in [1.165, 1.54) is 0 Å². The molecule has 3 aromatic rings. The third-order valence-electron chi connectivity index (χ3n) is 3.00. The molecule has 0 unspecified atom stereocenters. The van der Waals surface area contributed by atoms with Gasteiger partial charge in [0.25, 0.3) is 0 Å². The quantitative estimate of drug-likeness (QED) is 0.695. The lowest BCUT2D eigenvalue weighted by Crippen LogP contribution is -1.95. The van der Waals surface area contributed by atoms with Gasteiger partial charge in [-0.05, 0) is 18.2 Å². The van der Waals surface area contributed by atoms with Crippen molar-refractivity contribution in [2.24, 2.45) is 0 Å². The van der Waals surface area contributed by atoms with E-state index in [-0.39, 0.29) is 0 Å². The summed E-state index contributed by atoms with van der Waals surface area (Å²) in [4.78, 5) is 4.52. The summed E-state index contributed by atoms with van der Waals surface area (Å²) in [6.07, 6.45) is 1.66. The molecule has 0 bridgehead atoms. The fourth-order valence-electron chi connectivity index (χ4n) is 2.02. The number of hydrogen-bond acceptors (Lipinski definition) is 4. The van der Waals surface area contributed by atoms with Crippen LogP contribution in [-0.4, -0.2) is 28.8 Å². The fraction of sp³-hybridized carbons (Fsp3) is 0.143. The largest absolute Gasteiger partial charge is 0.493 e. The summed E-state index contributed by atoms with van der Waals surface area (Å²) in [6.45, 7) is 0. The molecule has 2 aromatic heterocycles. The Bertz CT molecular complexity index is 770. The van der Waals surface area contributed by atoms with E-state index in [1.807, 2.05) is 18.2 Å². The molecular formula is C14H12ClN3O2. The van der Waals surface area contributed by atoms with Gasteiger partial charge in [-0.1, -0.05) is 11.6 Å². The van der Waals surface area contributed by atoms with Crippen LogP contribution >= 0.6 is 11.6 Å². The number of halogens is 1. The van der Waals surface area contributed by atoms with Gasteiger partial charge in [-0.15, -0.1) is 0 Å². The van der Waals surface area contributed by atoms with Crippen molar-refractivity contribution >= 4 is 17.2 Å². The van der Waals surface area contributed by atoms with E-state index < -0.39 is 0 Å². The first-order chi connectivity index (χ1) is 9.72. The minimum atomic E-state index is 0.504. The van der Waals surface area contributed by atoms with Crippen molar-refractivity contribution in [1.82, 2.24) is 14.6 Å². The minimum Gasteiger partial charge on any atom is -0.493 e. The molecule has 1 aromatic carbocycles. The molecule has 0 amide bonds. The van der Waals surface area contributed by atoms with Crippen molar-refractivity contribution in [3.63, 3.8) is 0 Å². The third kappa shape index (κ3) is 2.06. The summed E-state index contributed by atoms with van der Waals surface area (Å²) >= 11 is 6.19. The van der Waals surface area contributed by atoms with Crippen LogP contribution in [0.25, 0.3) is 16.9 Å². The number of rotatable bonds is 3. The van der Waals surface area contributed by atoms with Crippen molar-refractivity contribution in [2.45, 2.75) is 0 Å². The molecule has 3 rings (SSSR count). The zero-order valence-corrected chi connectivity index (χ0v) is 11.8. The fourth-order valence-corrected chi connectivity index (χ4v) is 2.25. The molecule has 2 heterocycles. The SMILES string of the molecule is COc1ccc(-c2cc(Cl)n3nccc3n2)cc1OC. The second-order valence-corrected chi connectivity index (χ2v) is 4.52. The van der Waals surface area contributed by atoms with Crippen molar-refractivity contribution in [3.8, 4) is 22.8 Å². The topological polar surface area (TPSA) is 48.7 Å². The monoisotopic (exact) mass is 289 g/mol. The molecule has 0 aliphatic heterocycles. The Balaban J connectivity index is 2.14. The average molecular weight is 290 g/mol. The van der Waals surface area contributed by atoms with Crippen LogP contribution in [0.3, 0.4) is 0 Å². The van der Waals surface area contributed by atoms with E-state index in [2.05, 4.69) is 10.1 Å². The number of nitrogens with zero attached hydrogens (tertiary/aromatic N) is 3. The zero-order chi connectivity index (χ0) is 14.1. The standard InChI is InChI=1S/C14H12ClN3O2/c1-19-11-4-3-9(7-12(11)20-2)10-8-13(15)18-14(17-10)5-6-16-18/h3-8H,1-2H3. The van der Waals surface area contributed by atoms with Gasteiger partial charge in [0.2, 0.25) is 0 Å². The Morgan fingerprint density at radius 3 is 2.60 bits per heavy atom. The highest BCUT2D eigenvalue weighted by molar-refractivity contribution is 6.30. The van der Waals surface area contributed by atoms with Crippen LogP contribution in [0.4, 0.5) is 0 Å². The third-order valence-corrected chi connectivity index (χ3v) is 3.26. The van der Waals surface area contributed by atoms with E-state index in [0.29, 0.717) is 22.3 Å². The maximum atomic E-state index is 6.19. The van der Waals surface area contributed by atoms with Gasteiger partial charge in [-0.3, -0.25) is 0 Å². The summed E-state index contributed by atoms with van der Waals surface area (Å²) in [7, 11) is 3.20. The number of fused-ring (bicyclic) bond motifs is 1. The van der Waals surface area contributed by atoms with Crippen molar-refractivity contribution in [3.05, 3.63) is 41.7 Å². The summed E-state index contributed by atoms with van der Waals surface area (Å²) in [5, 5.41) is 4.60. The maximum Gasteiger partial charge on any atom is 0.161 e. The highest BCUT2D eigenvalue weighted by Crippen LogP contribution is 2.32. The van der Waals surface area contributed by atoms with E-state index in [1.54, 1.807) is 37.1 Å². The minimum absolute atomic E-state index is 0.504. The van der Waals surface area contributed by atoms with E-state index in [9.17, 15) is 0 Å². The molecule has 20 heavy (non-hydrogen) atoms. The van der Waals surface area contributed by atoms with Gasteiger partial charge in [0.1, 0.15) is 5.15 Å². The number of ether oxygens (including phenoxy) is 2. The molecule has 0 radical (unpaired) electrons. The normalized spacial score (nSPS) is 10.8. The van der Waals surface area contributed by atoms with Gasteiger partial charge in [-0.2, -0.15) is 5.10 Å². The first kappa shape index (κ1) is 12.7. The lowest BCUT2D eigenvalue weighted by atomic mass is 10.1. The van der Waals surface area contributed by atoms with Crippen LogP contribution in [0, 0.1) is 0 Å². The summed E-state index contributed by atoms with van der Waals surface area (Å²) in [6, 6.07) is 9.18. The molecule has 0 aliphatic rings. The number of hydrogen-bond donors (Lipinski definition) is 0. The summed E-state index contributed by atoms with van der Waals surface area (Å²) in [5.74, 6) is 1.32. The van der Waals surface area contributed by atoms with Crippen LogP contribution in [0.2, 0.25) is 5.15 Å². The van der Waals surface area contributed by atoms with Crippen LogP contribution in [0.15, 0.2) is 36.5 Å². The van der Waals surface area contributed by atoms with Crippen LogP contribution in [0.1, 0.15) is 0 Å². The van der Waals surface area contributed by atoms with Gasteiger partial charge in [0, 0.05) is 17.7 Å². The maximum absolute atomic E-state index is 6.19. The lowest BCUT2D eigenvalue weighted by molar-refractivity contribution is 0.355. The molecule has 0 spiro atoms. The second-order valence-electron chi connectivity index (χ2n) is 4.14. The summed E-state index contributed by atoms with van der Waals surface area (Å²) < 4.78 is 12.1. The molecule has 5 nitrogen and oxygen atoms in total. The van der Waals surface area contributed by atoms with Gasteiger partial charge in [0.15, 0.2) is 17.1 Å². The summed E-state index contributed by atoms with van der Waals surface area (Å²) in [5.41, 5.74) is 2.35. The van der Waals surface area contributed by atoms with E-state index in [0.717, 1.165) is 11.3 Å². The Hall–Kier alpha value is -2.27. The highest BCUT2D eigenvalue weighted by Gasteiger charge is 2.10. The number of aromatic nitrogens is 3. The predicted molar refractivity (Wildman–Crippen MR) is 76.5 cm³/mol. The van der Waals surface area contributed by atoms with Crippen molar-refractivity contribution < 1.29 is 9.47 Å². The molecule has 0 N–H and O–H groups in total. The van der Waals surface area contributed by atoms with Crippen LogP contribution in [0.5, 0.6) is 11.5 Å². The predicted octanol–water partition coefficient (Wildman–Crippen LogP) is 3.07. The Morgan fingerprint density at radius 2 is 1.85 bits per heavy atom. The molecule has 6 heteroatoms. The lowest BCUT2D eigenvalue weighted by Gasteiger charge is -2.09. The highest BCUT2D eigenvalue weighted by atomic mass is 35.5. The van der Waals surface area contributed by atoms with Crippen molar-refractivity contribution in [1.29, 1.82) is 0 Å². The van der Waals surface area contributed by atoms with Crippen LogP contribution < -0.4 is 9.47 Å². The number of methoxy groups -OCH3 is 2. The molecule has 0 saturated carbocycles. The second kappa shape index (κ2) is 5.02.